The van der Waals surface area contributed by atoms with Gasteiger partial charge in [0.15, 0.2) is 11.6 Å². The van der Waals surface area contributed by atoms with Gasteiger partial charge in [0.1, 0.15) is 0 Å². The van der Waals surface area contributed by atoms with E-state index in [1.807, 2.05) is 13.0 Å². The Balaban J connectivity index is 2.33. The Hall–Kier alpha value is -2.82. The Labute approximate surface area is 131 Å². The largest absolute Gasteiger partial charge is 0.478 e. The van der Waals surface area contributed by atoms with Crippen LogP contribution in [0.2, 0.25) is 0 Å². The number of carboxylic acids is 1. The summed E-state index contributed by atoms with van der Waals surface area (Å²) in [7, 11) is 0. The Morgan fingerprint density at radius 3 is 2.57 bits per heavy atom. The van der Waals surface area contributed by atoms with Gasteiger partial charge in [0.05, 0.1) is 16.8 Å². The number of hydrogen-bond acceptors (Lipinski definition) is 2. The van der Waals surface area contributed by atoms with Crippen molar-refractivity contribution in [3.8, 4) is 11.3 Å². The highest BCUT2D eigenvalue weighted by atomic mass is 19.2. The molecule has 0 fully saturated rings. The van der Waals surface area contributed by atoms with E-state index in [1.54, 1.807) is 12.1 Å². The molecule has 2 aromatic carbocycles. The average molecular weight is 313 g/mol. The van der Waals surface area contributed by atoms with Gasteiger partial charge in [-0.25, -0.2) is 18.6 Å². The van der Waals surface area contributed by atoms with E-state index in [4.69, 9.17) is 0 Å². The lowest BCUT2D eigenvalue weighted by Gasteiger charge is -2.10. The van der Waals surface area contributed by atoms with Crippen LogP contribution in [-0.4, -0.2) is 16.1 Å². The number of fused-ring (bicyclic) bond motifs is 1. The maximum Gasteiger partial charge on any atom is 0.336 e. The third-order valence-electron chi connectivity index (χ3n) is 3.75. The first-order valence-electron chi connectivity index (χ1n) is 7.12. The van der Waals surface area contributed by atoms with Crippen molar-refractivity contribution in [1.29, 1.82) is 0 Å². The molecule has 3 nitrogen and oxygen atoms in total. The summed E-state index contributed by atoms with van der Waals surface area (Å²) in [5, 5.41) is 9.99. The molecule has 0 amide bonds. The number of carbonyl (C=O) groups is 1. The third-order valence-corrected chi connectivity index (χ3v) is 3.75. The Morgan fingerprint density at radius 1 is 1.13 bits per heavy atom. The molecule has 0 aliphatic heterocycles. The summed E-state index contributed by atoms with van der Waals surface area (Å²) >= 11 is 0. The lowest BCUT2D eigenvalue weighted by molar-refractivity contribution is 0.0699. The van der Waals surface area contributed by atoms with E-state index in [1.165, 1.54) is 12.1 Å². The number of halogens is 2. The fraction of sp³-hybridized carbons (Fsp3) is 0.111. The first kappa shape index (κ1) is 15.1. The molecule has 1 heterocycles. The minimum Gasteiger partial charge on any atom is -0.478 e. The molecular formula is C18H13F2NO2. The Kier molecular flexibility index (Phi) is 3.78. The van der Waals surface area contributed by atoms with E-state index >= 15 is 0 Å². The van der Waals surface area contributed by atoms with E-state index in [2.05, 4.69) is 4.98 Å². The van der Waals surface area contributed by atoms with Gasteiger partial charge in [-0.3, -0.25) is 0 Å². The highest BCUT2D eigenvalue weighted by molar-refractivity contribution is 6.04. The highest BCUT2D eigenvalue weighted by Gasteiger charge is 2.15. The van der Waals surface area contributed by atoms with E-state index in [9.17, 15) is 18.7 Å². The summed E-state index contributed by atoms with van der Waals surface area (Å²) in [6.07, 6.45) is 0.685. The topological polar surface area (TPSA) is 50.2 Å². The lowest BCUT2D eigenvalue weighted by Crippen LogP contribution is -2.02. The van der Waals surface area contributed by atoms with Gasteiger partial charge in [-0.05, 0) is 36.2 Å². The standard InChI is InChI=1S/C18H13F2NO2/c1-2-10-4-3-5-12-13(18(22)23)9-16(21-17(10)12)11-6-7-14(19)15(20)8-11/h3-9H,2H2,1H3,(H,22,23). The number of carboxylic acid groups (broad SMARTS) is 1. The van der Waals surface area contributed by atoms with Crippen LogP contribution in [-0.2, 0) is 6.42 Å². The number of rotatable bonds is 3. The average Bonchev–Trinajstić information content (AvgIpc) is 2.55. The van der Waals surface area contributed by atoms with Gasteiger partial charge in [0, 0.05) is 10.9 Å². The maximum absolute atomic E-state index is 13.5. The summed E-state index contributed by atoms with van der Waals surface area (Å²) in [5.74, 6) is -3.04. The molecule has 3 rings (SSSR count). The normalized spacial score (nSPS) is 10.9. The van der Waals surface area contributed by atoms with Crippen LogP contribution < -0.4 is 0 Å². The summed E-state index contributed by atoms with van der Waals surface area (Å²) in [5.41, 5.74) is 2.18. The van der Waals surface area contributed by atoms with Crippen LogP contribution in [0.5, 0.6) is 0 Å². The van der Waals surface area contributed by atoms with Gasteiger partial charge in [-0.1, -0.05) is 25.1 Å². The van der Waals surface area contributed by atoms with Crippen molar-refractivity contribution in [3.63, 3.8) is 0 Å². The zero-order chi connectivity index (χ0) is 16.6. The number of aromatic nitrogens is 1. The number of aromatic carboxylic acids is 1. The first-order valence-corrected chi connectivity index (χ1v) is 7.12. The molecule has 0 radical (unpaired) electrons. The quantitative estimate of drug-likeness (QED) is 0.777. The number of aryl methyl sites for hydroxylation is 1. The minimum atomic E-state index is -1.09. The molecule has 0 aliphatic carbocycles. The van der Waals surface area contributed by atoms with Crippen LogP contribution in [0.4, 0.5) is 8.78 Å². The predicted molar refractivity (Wildman–Crippen MR) is 83.4 cm³/mol. The lowest BCUT2D eigenvalue weighted by atomic mass is 10.0. The molecule has 0 atom stereocenters. The molecule has 1 aromatic heterocycles. The molecule has 23 heavy (non-hydrogen) atoms. The van der Waals surface area contributed by atoms with Crippen LogP contribution in [0.25, 0.3) is 22.2 Å². The van der Waals surface area contributed by atoms with Crippen LogP contribution in [0, 0.1) is 11.6 Å². The summed E-state index contributed by atoms with van der Waals surface area (Å²) in [6, 6.07) is 10.1. The SMILES string of the molecule is CCc1cccc2c(C(=O)O)cc(-c3ccc(F)c(F)c3)nc12. The Morgan fingerprint density at radius 2 is 1.91 bits per heavy atom. The van der Waals surface area contributed by atoms with E-state index in [-0.39, 0.29) is 5.56 Å². The highest BCUT2D eigenvalue weighted by Crippen LogP contribution is 2.28. The van der Waals surface area contributed by atoms with Crippen LogP contribution >= 0.6 is 0 Å². The summed E-state index contributed by atoms with van der Waals surface area (Å²) < 4.78 is 26.6. The van der Waals surface area contributed by atoms with Crippen molar-refractivity contribution in [2.75, 3.05) is 0 Å². The van der Waals surface area contributed by atoms with Gasteiger partial charge in [0.25, 0.3) is 0 Å². The molecule has 0 saturated carbocycles. The number of para-hydroxylation sites is 1. The van der Waals surface area contributed by atoms with Crippen molar-refractivity contribution >= 4 is 16.9 Å². The first-order chi connectivity index (χ1) is 11.0. The molecule has 0 saturated heterocycles. The van der Waals surface area contributed by atoms with Gasteiger partial charge in [0.2, 0.25) is 0 Å². The molecule has 5 heteroatoms. The number of nitrogens with zero attached hydrogens (tertiary/aromatic N) is 1. The zero-order valence-electron chi connectivity index (χ0n) is 12.3. The smallest absolute Gasteiger partial charge is 0.336 e. The second-order valence-corrected chi connectivity index (χ2v) is 5.16. The van der Waals surface area contributed by atoms with Gasteiger partial charge < -0.3 is 5.11 Å². The summed E-state index contributed by atoms with van der Waals surface area (Å²) in [6.45, 7) is 1.95. The van der Waals surface area contributed by atoms with E-state index in [0.717, 1.165) is 17.7 Å². The molecule has 0 unspecified atom stereocenters. The molecular weight excluding hydrogens is 300 g/mol. The van der Waals surface area contributed by atoms with Crippen molar-refractivity contribution in [2.24, 2.45) is 0 Å². The van der Waals surface area contributed by atoms with Crippen molar-refractivity contribution in [3.05, 3.63) is 65.2 Å². The monoisotopic (exact) mass is 313 g/mol. The fourth-order valence-corrected chi connectivity index (χ4v) is 2.57. The summed E-state index contributed by atoms with van der Waals surface area (Å²) in [4.78, 5) is 16.0. The number of hydrogen-bond donors (Lipinski definition) is 1. The van der Waals surface area contributed by atoms with Crippen LogP contribution in [0.15, 0.2) is 42.5 Å². The zero-order valence-corrected chi connectivity index (χ0v) is 12.3. The minimum absolute atomic E-state index is 0.0880. The van der Waals surface area contributed by atoms with E-state index < -0.39 is 17.6 Å². The van der Waals surface area contributed by atoms with Crippen LogP contribution in [0.1, 0.15) is 22.8 Å². The molecule has 0 aliphatic rings. The predicted octanol–water partition coefficient (Wildman–Crippen LogP) is 4.44. The third kappa shape index (κ3) is 2.65. The van der Waals surface area contributed by atoms with Gasteiger partial charge >= 0.3 is 5.97 Å². The molecule has 116 valence electrons. The molecule has 1 N–H and O–H groups in total. The van der Waals surface area contributed by atoms with E-state index in [0.29, 0.717) is 28.6 Å². The van der Waals surface area contributed by atoms with Crippen LogP contribution in [0.3, 0.4) is 0 Å². The van der Waals surface area contributed by atoms with Gasteiger partial charge in [-0.15, -0.1) is 0 Å². The second kappa shape index (κ2) is 5.76. The Bertz CT molecular complexity index is 922. The molecule has 0 spiro atoms. The maximum atomic E-state index is 13.5. The fourth-order valence-electron chi connectivity index (χ4n) is 2.57. The second-order valence-electron chi connectivity index (χ2n) is 5.16. The van der Waals surface area contributed by atoms with Crippen molar-refractivity contribution in [1.82, 2.24) is 4.98 Å². The van der Waals surface area contributed by atoms with Crippen molar-refractivity contribution < 1.29 is 18.7 Å². The number of pyridine rings is 1. The molecule has 3 aromatic rings. The number of benzene rings is 2. The van der Waals surface area contributed by atoms with Gasteiger partial charge in [-0.2, -0.15) is 0 Å². The molecule has 0 bridgehead atoms. The van der Waals surface area contributed by atoms with Crippen molar-refractivity contribution in [2.45, 2.75) is 13.3 Å².